The second kappa shape index (κ2) is 10.4. The van der Waals surface area contributed by atoms with E-state index in [-0.39, 0.29) is 12.4 Å². The van der Waals surface area contributed by atoms with Crippen LogP contribution in [0.2, 0.25) is 0 Å². The van der Waals surface area contributed by atoms with Gasteiger partial charge in [0.25, 0.3) is 0 Å². The summed E-state index contributed by atoms with van der Waals surface area (Å²) >= 11 is 0. The van der Waals surface area contributed by atoms with Crippen LogP contribution in [0.5, 0.6) is 5.75 Å². The predicted molar refractivity (Wildman–Crippen MR) is 112 cm³/mol. The number of hydrogen-bond acceptors (Lipinski definition) is 2. The van der Waals surface area contributed by atoms with Gasteiger partial charge in [0.2, 0.25) is 0 Å². The molecule has 0 aliphatic heterocycles. The first-order valence-electron chi connectivity index (χ1n) is 8.59. The maximum Gasteiger partial charge on any atom is 0.119 e. The first kappa shape index (κ1) is 19.8. The molecule has 0 saturated heterocycles. The molecule has 3 aromatic rings. The van der Waals surface area contributed by atoms with Crippen molar-refractivity contribution in [3.63, 3.8) is 0 Å². The van der Waals surface area contributed by atoms with Crippen LogP contribution in [-0.4, -0.2) is 13.2 Å². The van der Waals surface area contributed by atoms with E-state index < -0.39 is 0 Å². The Morgan fingerprint density at radius 3 is 1.81 bits per heavy atom. The fourth-order valence-corrected chi connectivity index (χ4v) is 2.78. The summed E-state index contributed by atoms with van der Waals surface area (Å²) in [5.74, 6) is 0.873. The summed E-state index contributed by atoms with van der Waals surface area (Å²) in [6.07, 6.45) is 3.03. The van der Waals surface area contributed by atoms with Crippen LogP contribution in [0.25, 0.3) is 5.57 Å². The van der Waals surface area contributed by atoms with Crippen LogP contribution < -0.4 is 10.5 Å². The van der Waals surface area contributed by atoms with Crippen molar-refractivity contribution in [2.24, 2.45) is 5.73 Å². The Morgan fingerprint density at radius 1 is 0.769 bits per heavy atom. The van der Waals surface area contributed by atoms with E-state index in [0.29, 0.717) is 13.2 Å². The second-order valence-electron chi connectivity index (χ2n) is 5.84. The summed E-state index contributed by atoms with van der Waals surface area (Å²) in [5, 5.41) is 0. The maximum atomic E-state index is 5.90. The molecular formula is C23H24ClNO. The molecule has 26 heavy (non-hydrogen) atoms. The van der Waals surface area contributed by atoms with Crippen molar-refractivity contribution in [3.05, 3.63) is 108 Å². The number of ether oxygens (including phenoxy) is 1. The van der Waals surface area contributed by atoms with Gasteiger partial charge in [0.15, 0.2) is 0 Å². The van der Waals surface area contributed by atoms with Gasteiger partial charge in [-0.25, -0.2) is 0 Å². The molecule has 134 valence electrons. The lowest BCUT2D eigenvalue weighted by Crippen LogP contribution is -2.02. The minimum Gasteiger partial charge on any atom is -0.490 e. The van der Waals surface area contributed by atoms with Gasteiger partial charge in [-0.1, -0.05) is 72.8 Å². The summed E-state index contributed by atoms with van der Waals surface area (Å²) in [7, 11) is 0. The zero-order chi connectivity index (χ0) is 17.3. The van der Waals surface area contributed by atoms with Crippen LogP contribution in [-0.2, 0) is 6.42 Å². The Kier molecular flexibility index (Phi) is 7.94. The van der Waals surface area contributed by atoms with E-state index in [1.54, 1.807) is 0 Å². The fraction of sp³-hybridized carbons (Fsp3) is 0.130. The molecule has 0 aromatic heterocycles. The van der Waals surface area contributed by atoms with Crippen molar-refractivity contribution < 1.29 is 4.74 Å². The average Bonchev–Trinajstić information content (AvgIpc) is 2.68. The molecule has 0 spiro atoms. The first-order valence-corrected chi connectivity index (χ1v) is 8.59. The molecule has 3 aromatic carbocycles. The minimum atomic E-state index is 0. The standard InChI is InChI=1S/C23H23NO.ClH/c24-17-15-19-11-13-22(14-12-19)25-18-16-23(20-7-3-1-4-8-20)21-9-5-2-6-10-21;/h1-14,16H,15,17-18,24H2;1H. The molecular weight excluding hydrogens is 342 g/mol. The van der Waals surface area contributed by atoms with E-state index >= 15 is 0 Å². The number of hydrogen-bond donors (Lipinski definition) is 1. The predicted octanol–water partition coefficient (Wildman–Crippen LogP) is 5.12. The van der Waals surface area contributed by atoms with Crippen LogP contribution in [0.1, 0.15) is 16.7 Å². The Labute approximate surface area is 161 Å². The Hall–Kier alpha value is -2.55. The molecule has 2 N–H and O–H groups in total. The van der Waals surface area contributed by atoms with Crippen molar-refractivity contribution in [2.75, 3.05) is 13.2 Å². The van der Waals surface area contributed by atoms with Gasteiger partial charge in [0, 0.05) is 0 Å². The zero-order valence-corrected chi connectivity index (χ0v) is 15.5. The minimum absolute atomic E-state index is 0. The molecule has 0 aliphatic rings. The van der Waals surface area contributed by atoms with E-state index in [2.05, 4.69) is 66.7 Å². The Balaban J connectivity index is 0.00000243. The first-order chi connectivity index (χ1) is 12.4. The third-order valence-corrected chi connectivity index (χ3v) is 4.06. The van der Waals surface area contributed by atoms with Crippen molar-refractivity contribution in [2.45, 2.75) is 6.42 Å². The van der Waals surface area contributed by atoms with Crippen LogP contribution >= 0.6 is 12.4 Å². The molecule has 0 atom stereocenters. The molecule has 0 amide bonds. The summed E-state index contributed by atoms with van der Waals surface area (Å²) in [5.41, 5.74) is 10.4. The molecule has 3 rings (SSSR count). The molecule has 0 unspecified atom stereocenters. The van der Waals surface area contributed by atoms with E-state index in [1.165, 1.54) is 22.3 Å². The van der Waals surface area contributed by atoms with Crippen molar-refractivity contribution in [1.82, 2.24) is 0 Å². The third-order valence-electron chi connectivity index (χ3n) is 4.06. The molecule has 0 saturated carbocycles. The highest BCUT2D eigenvalue weighted by Crippen LogP contribution is 2.23. The van der Waals surface area contributed by atoms with Gasteiger partial charge in [0.1, 0.15) is 12.4 Å². The van der Waals surface area contributed by atoms with Gasteiger partial charge in [-0.15, -0.1) is 12.4 Å². The largest absolute Gasteiger partial charge is 0.490 e. The number of nitrogens with two attached hydrogens (primary N) is 1. The summed E-state index contributed by atoms with van der Waals surface area (Å²) < 4.78 is 5.90. The highest BCUT2D eigenvalue weighted by atomic mass is 35.5. The van der Waals surface area contributed by atoms with Gasteiger partial charge in [-0.05, 0) is 53.4 Å². The maximum absolute atomic E-state index is 5.90. The lowest BCUT2D eigenvalue weighted by Gasteiger charge is -2.10. The van der Waals surface area contributed by atoms with Gasteiger partial charge in [-0.2, -0.15) is 0 Å². The van der Waals surface area contributed by atoms with Crippen LogP contribution in [0, 0.1) is 0 Å². The highest BCUT2D eigenvalue weighted by Gasteiger charge is 2.04. The molecule has 0 bridgehead atoms. The second-order valence-corrected chi connectivity index (χ2v) is 5.84. The normalized spacial score (nSPS) is 9.88. The van der Waals surface area contributed by atoms with Gasteiger partial charge < -0.3 is 10.5 Å². The Morgan fingerprint density at radius 2 is 1.31 bits per heavy atom. The van der Waals surface area contributed by atoms with E-state index in [4.69, 9.17) is 10.5 Å². The number of halogens is 1. The number of benzene rings is 3. The van der Waals surface area contributed by atoms with E-state index in [0.717, 1.165) is 12.2 Å². The van der Waals surface area contributed by atoms with Crippen LogP contribution in [0.3, 0.4) is 0 Å². The molecule has 0 heterocycles. The Bertz CT molecular complexity index is 757. The van der Waals surface area contributed by atoms with Crippen LogP contribution in [0.4, 0.5) is 0 Å². The molecule has 0 radical (unpaired) electrons. The van der Waals surface area contributed by atoms with Gasteiger partial charge in [0.05, 0.1) is 0 Å². The molecule has 2 nitrogen and oxygen atoms in total. The van der Waals surface area contributed by atoms with Crippen LogP contribution in [0.15, 0.2) is 91.0 Å². The molecule has 3 heteroatoms. The fourth-order valence-electron chi connectivity index (χ4n) is 2.78. The van der Waals surface area contributed by atoms with Crippen molar-refractivity contribution in [1.29, 1.82) is 0 Å². The van der Waals surface area contributed by atoms with Crippen molar-refractivity contribution >= 4 is 18.0 Å². The summed E-state index contributed by atoms with van der Waals surface area (Å²) in [6, 6.07) is 29.0. The summed E-state index contributed by atoms with van der Waals surface area (Å²) in [4.78, 5) is 0. The number of rotatable bonds is 7. The monoisotopic (exact) mass is 365 g/mol. The molecule has 0 aliphatic carbocycles. The smallest absolute Gasteiger partial charge is 0.119 e. The third kappa shape index (κ3) is 5.48. The lowest BCUT2D eigenvalue weighted by atomic mass is 9.98. The lowest BCUT2D eigenvalue weighted by molar-refractivity contribution is 0.363. The van der Waals surface area contributed by atoms with Gasteiger partial charge >= 0.3 is 0 Å². The van der Waals surface area contributed by atoms with E-state index in [1.807, 2.05) is 24.3 Å². The summed E-state index contributed by atoms with van der Waals surface area (Å²) in [6.45, 7) is 1.19. The van der Waals surface area contributed by atoms with E-state index in [9.17, 15) is 0 Å². The SMILES string of the molecule is Cl.NCCc1ccc(OCC=C(c2ccccc2)c2ccccc2)cc1. The average molecular weight is 366 g/mol. The van der Waals surface area contributed by atoms with Crippen molar-refractivity contribution in [3.8, 4) is 5.75 Å². The topological polar surface area (TPSA) is 35.2 Å². The zero-order valence-electron chi connectivity index (χ0n) is 14.7. The quantitative estimate of drug-likeness (QED) is 0.630. The highest BCUT2D eigenvalue weighted by molar-refractivity contribution is 5.85. The van der Waals surface area contributed by atoms with Gasteiger partial charge in [-0.3, -0.25) is 0 Å². The molecule has 0 fully saturated rings.